The summed E-state index contributed by atoms with van der Waals surface area (Å²) in [4.78, 5) is 8.36. The molecule has 1 heterocycles. The Hall–Kier alpha value is -0.280. The zero-order valence-electron chi connectivity index (χ0n) is 6.04. The number of rotatable bonds is 0. The van der Waals surface area contributed by atoms with E-state index in [1.165, 1.54) is 19.5 Å². The molecular weight excluding hydrogens is 154 g/mol. The van der Waals surface area contributed by atoms with Gasteiger partial charge < -0.3 is 10.4 Å². The molecule has 1 atom stereocenters. The summed E-state index contributed by atoms with van der Waals surface area (Å²) in [6.45, 7) is 4.50. The van der Waals surface area contributed by atoms with Crippen LogP contribution in [0, 0.1) is 5.92 Å². The van der Waals surface area contributed by atoms with E-state index in [-0.39, 0.29) is 18.9 Å². The number of carbonyl (C=O) groups is 1. The van der Waals surface area contributed by atoms with Crippen LogP contribution in [-0.2, 0) is 4.79 Å². The van der Waals surface area contributed by atoms with Crippen molar-refractivity contribution < 1.29 is 9.90 Å². The Morgan fingerprint density at radius 3 is 2.30 bits per heavy atom. The van der Waals surface area contributed by atoms with Crippen molar-refractivity contribution in [1.82, 2.24) is 5.32 Å². The smallest absolute Gasteiger partial charge is 0.290 e. The fourth-order valence-electron chi connectivity index (χ4n) is 0.799. The van der Waals surface area contributed by atoms with Crippen molar-refractivity contribution in [3.05, 3.63) is 0 Å². The summed E-state index contributed by atoms with van der Waals surface area (Å²) in [5.74, 6) is 0.935. The topological polar surface area (TPSA) is 49.3 Å². The van der Waals surface area contributed by atoms with Gasteiger partial charge in [0.1, 0.15) is 0 Å². The SMILES string of the molecule is CC1CCNC1.Cl.O=CO. The van der Waals surface area contributed by atoms with E-state index in [2.05, 4.69) is 12.2 Å². The second-order valence-corrected chi connectivity index (χ2v) is 2.20. The largest absolute Gasteiger partial charge is 0.483 e. The molecule has 0 aromatic heterocycles. The van der Waals surface area contributed by atoms with Crippen molar-refractivity contribution in [1.29, 1.82) is 0 Å². The van der Waals surface area contributed by atoms with E-state index in [0.29, 0.717) is 0 Å². The summed E-state index contributed by atoms with van der Waals surface area (Å²) in [6.07, 6.45) is 1.38. The Labute approximate surface area is 67.2 Å². The van der Waals surface area contributed by atoms with Gasteiger partial charge in [-0.05, 0) is 25.4 Å². The highest BCUT2D eigenvalue weighted by molar-refractivity contribution is 5.85. The first kappa shape index (κ1) is 12.4. The van der Waals surface area contributed by atoms with Gasteiger partial charge in [-0.25, -0.2) is 0 Å². The molecule has 3 nitrogen and oxygen atoms in total. The first-order valence-electron chi connectivity index (χ1n) is 3.09. The Morgan fingerprint density at radius 1 is 1.70 bits per heavy atom. The zero-order chi connectivity index (χ0) is 7.11. The second kappa shape index (κ2) is 8.72. The standard InChI is InChI=1S/C5H11N.CH2O2.ClH/c1-5-2-3-6-4-5;2-1-3;/h5-6H,2-4H2,1H3;1H,(H,2,3);1H. The van der Waals surface area contributed by atoms with Crippen molar-refractivity contribution in [2.45, 2.75) is 13.3 Å². The predicted molar refractivity (Wildman–Crippen MR) is 42.6 cm³/mol. The van der Waals surface area contributed by atoms with Crippen molar-refractivity contribution in [2.75, 3.05) is 13.1 Å². The lowest BCUT2D eigenvalue weighted by molar-refractivity contribution is -0.122. The van der Waals surface area contributed by atoms with Gasteiger partial charge in [-0.1, -0.05) is 6.92 Å². The van der Waals surface area contributed by atoms with Gasteiger partial charge >= 0.3 is 0 Å². The lowest BCUT2D eigenvalue weighted by Gasteiger charge is -1.90. The first-order valence-corrected chi connectivity index (χ1v) is 3.09. The molecule has 1 fully saturated rings. The summed E-state index contributed by atoms with van der Waals surface area (Å²) < 4.78 is 0. The fourth-order valence-corrected chi connectivity index (χ4v) is 0.799. The molecular formula is C6H14ClNO2. The van der Waals surface area contributed by atoms with Crippen LogP contribution >= 0.6 is 12.4 Å². The van der Waals surface area contributed by atoms with E-state index < -0.39 is 0 Å². The fraction of sp³-hybridized carbons (Fsp3) is 0.833. The van der Waals surface area contributed by atoms with Crippen molar-refractivity contribution in [2.24, 2.45) is 5.92 Å². The molecule has 1 aliphatic heterocycles. The van der Waals surface area contributed by atoms with Gasteiger partial charge in [0, 0.05) is 0 Å². The Morgan fingerprint density at radius 2 is 2.20 bits per heavy atom. The monoisotopic (exact) mass is 167 g/mol. The molecule has 4 heteroatoms. The van der Waals surface area contributed by atoms with Crippen LogP contribution in [0.1, 0.15) is 13.3 Å². The van der Waals surface area contributed by atoms with Crippen LogP contribution in [0.2, 0.25) is 0 Å². The zero-order valence-corrected chi connectivity index (χ0v) is 6.86. The normalized spacial score (nSPS) is 21.9. The molecule has 1 saturated heterocycles. The van der Waals surface area contributed by atoms with Gasteiger partial charge in [-0.2, -0.15) is 0 Å². The van der Waals surface area contributed by atoms with Gasteiger partial charge in [0.15, 0.2) is 0 Å². The van der Waals surface area contributed by atoms with E-state index in [9.17, 15) is 0 Å². The van der Waals surface area contributed by atoms with Crippen LogP contribution < -0.4 is 5.32 Å². The molecule has 2 N–H and O–H groups in total. The summed E-state index contributed by atoms with van der Waals surface area (Å²) >= 11 is 0. The lowest BCUT2D eigenvalue weighted by Crippen LogP contribution is -2.06. The first-order chi connectivity index (χ1) is 4.31. The summed E-state index contributed by atoms with van der Waals surface area (Å²) in [6, 6.07) is 0. The predicted octanol–water partition coefficient (Wildman–Crippen LogP) is 0.738. The molecule has 62 valence electrons. The molecule has 0 saturated carbocycles. The average molecular weight is 168 g/mol. The van der Waals surface area contributed by atoms with Crippen LogP contribution in [0.5, 0.6) is 0 Å². The van der Waals surface area contributed by atoms with Crippen LogP contribution in [0.25, 0.3) is 0 Å². The maximum atomic E-state index is 8.36. The average Bonchev–Trinajstić information content (AvgIpc) is 2.20. The van der Waals surface area contributed by atoms with Gasteiger partial charge in [0.2, 0.25) is 0 Å². The van der Waals surface area contributed by atoms with Crippen molar-refractivity contribution in [3.63, 3.8) is 0 Å². The third kappa shape index (κ3) is 7.72. The number of nitrogens with one attached hydrogen (secondary N) is 1. The van der Waals surface area contributed by atoms with E-state index in [1.807, 2.05) is 0 Å². The van der Waals surface area contributed by atoms with Crippen molar-refractivity contribution in [3.8, 4) is 0 Å². The molecule has 10 heavy (non-hydrogen) atoms. The Balaban J connectivity index is 0. The molecule has 1 rings (SSSR count). The maximum Gasteiger partial charge on any atom is 0.290 e. The third-order valence-electron chi connectivity index (χ3n) is 1.31. The maximum absolute atomic E-state index is 8.36. The summed E-state index contributed by atoms with van der Waals surface area (Å²) in [7, 11) is 0. The Kier molecular flexibility index (Phi) is 10.8. The molecule has 0 aliphatic carbocycles. The third-order valence-corrected chi connectivity index (χ3v) is 1.31. The highest BCUT2D eigenvalue weighted by Gasteiger charge is 2.06. The molecule has 0 spiro atoms. The van der Waals surface area contributed by atoms with Gasteiger partial charge in [-0.15, -0.1) is 12.4 Å². The van der Waals surface area contributed by atoms with Gasteiger partial charge in [-0.3, -0.25) is 4.79 Å². The van der Waals surface area contributed by atoms with Gasteiger partial charge in [0.25, 0.3) is 6.47 Å². The lowest BCUT2D eigenvalue weighted by atomic mass is 10.2. The van der Waals surface area contributed by atoms with Crippen LogP contribution in [-0.4, -0.2) is 24.7 Å². The van der Waals surface area contributed by atoms with Crippen LogP contribution in [0.4, 0.5) is 0 Å². The summed E-state index contributed by atoms with van der Waals surface area (Å²) in [5.41, 5.74) is 0. The van der Waals surface area contributed by atoms with Crippen molar-refractivity contribution >= 4 is 18.9 Å². The molecule has 0 amide bonds. The number of halogens is 1. The molecule has 0 aromatic carbocycles. The molecule has 1 aliphatic rings. The summed E-state index contributed by atoms with van der Waals surface area (Å²) in [5, 5.41) is 10.2. The highest BCUT2D eigenvalue weighted by Crippen LogP contribution is 2.03. The number of carboxylic acid groups (broad SMARTS) is 1. The molecule has 0 radical (unpaired) electrons. The minimum absolute atomic E-state index is 0. The van der Waals surface area contributed by atoms with E-state index in [0.717, 1.165) is 5.92 Å². The second-order valence-electron chi connectivity index (χ2n) is 2.20. The quantitative estimate of drug-likeness (QED) is 0.524. The van der Waals surface area contributed by atoms with Crippen LogP contribution in [0.15, 0.2) is 0 Å². The molecule has 1 unspecified atom stereocenters. The molecule has 0 bridgehead atoms. The minimum Gasteiger partial charge on any atom is -0.483 e. The molecule has 0 aromatic rings. The number of hydrogen-bond acceptors (Lipinski definition) is 2. The van der Waals surface area contributed by atoms with E-state index in [1.54, 1.807) is 0 Å². The number of hydrogen-bond donors (Lipinski definition) is 2. The Bertz CT molecular complexity index is 74.1. The minimum atomic E-state index is -0.250. The van der Waals surface area contributed by atoms with E-state index in [4.69, 9.17) is 9.90 Å². The van der Waals surface area contributed by atoms with E-state index >= 15 is 0 Å². The highest BCUT2D eigenvalue weighted by atomic mass is 35.5. The van der Waals surface area contributed by atoms with Gasteiger partial charge in [0.05, 0.1) is 0 Å². The van der Waals surface area contributed by atoms with Crippen LogP contribution in [0.3, 0.4) is 0 Å².